The zero-order valence-corrected chi connectivity index (χ0v) is 11.0. The van der Waals surface area contributed by atoms with Crippen molar-refractivity contribution in [3.8, 4) is 0 Å². The molecule has 1 aromatic heterocycles. The molecule has 0 amide bonds. The summed E-state index contributed by atoms with van der Waals surface area (Å²) in [5.74, 6) is 0. The predicted octanol–water partition coefficient (Wildman–Crippen LogP) is 4.86. The van der Waals surface area contributed by atoms with Gasteiger partial charge in [0.15, 0.2) is 0 Å². The Morgan fingerprint density at radius 1 is 0.950 bits per heavy atom. The highest BCUT2D eigenvalue weighted by Crippen LogP contribution is 2.27. The molecule has 0 aliphatic carbocycles. The van der Waals surface area contributed by atoms with Gasteiger partial charge in [0.2, 0.25) is 0 Å². The molecule has 0 N–H and O–H groups in total. The van der Waals surface area contributed by atoms with Crippen LogP contribution in [0.2, 0.25) is 5.02 Å². The van der Waals surface area contributed by atoms with E-state index in [1.165, 1.54) is 6.07 Å². The molecule has 0 saturated heterocycles. The van der Waals surface area contributed by atoms with Crippen LogP contribution in [0.25, 0.3) is 11.0 Å². The SMILES string of the molecule is O=c1ccc2cc(N=Nc3ccccc3Cl)ccc2o1. The third kappa shape index (κ3) is 2.60. The summed E-state index contributed by atoms with van der Waals surface area (Å²) in [6, 6.07) is 15.5. The van der Waals surface area contributed by atoms with Gasteiger partial charge in [-0.2, -0.15) is 5.11 Å². The molecule has 3 rings (SSSR count). The van der Waals surface area contributed by atoms with Crippen molar-refractivity contribution >= 4 is 33.9 Å². The van der Waals surface area contributed by atoms with Gasteiger partial charge in [0.05, 0.1) is 10.7 Å². The quantitative estimate of drug-likeness (QED) is 0.498. The standard InChI is InChI=1S/C15H9ClN2O2/c16-12-3-1-2-4-13(12)18-17-11-6-7-14-10(9-11)5-8-15(19)20-14/h1-9H. The number of hydrogen-bond acceptors (Lipinski definition) is 4. The first kappa shape index (κ1) is 12.6. The lowest BCUT2D eigenvalue weighted by molar-refractivity contribution is 0.561. The van der Waals surface area contributed by atoms with Crippen molar-refractivity contribution in [2.45, 2.75) is 0 Å². The van der Waals surface area contributed by atoms with Crippen LogP contribution in [-0.4, -0.2) is 0 Å². The van der Waals surface area contributed by atoms with E-state index in [2.05, 4.69) is 10.2 Å². The molecular formula is C15H9ClN2O2. The number of rotatable bonds is 2. The number of nitrogens with zero attached hydrogens (tertiary/aromatic N) is 2. The smallest absolute Gasteiger partial charge is 0.336 e. The van der Waals surface area contributed by atoms with Gasteiger partial charge in [-0.3, -0.25) is 0 Å². The summed E-state index contributed by atoms with van der Waals surface area (Å²) in [4.78, 5) is 11.1. The maximum absolute atomic E-state index is 11.1. The maximum Gasteiger partial charge on any atom is 0.336 e. The number of hydrogen-bond donors (Lipinski definition) is 0. The van der Waals surface area contributed by atoms with Gasteiger partial charge < -0.3 is 4.42 Å². The Labute approximate surface area is 119 Å². The monoisotopic (exact) mass is 284 g/mol. The van der Waals surface area contributed by atoms with E-state index in [1.54, 1.807) is 36.4 Å². The summed E-state index contributed by atoms with van der Waals surface area (Å²) >= 11 is 6.00. The molecule has 98 valence electrons. The van der Waals surface area contributed by atoms with Crippen molar-refractivity contribution in [1.82, 2.24) is 0 Å². The first-order valence-electron chi connectivity index (χ1n) is 5.92. The second-order valence-corrected chi connectivity index (χ2v) is 4.54. The van der Waals surface area contributed by atoms with Gasteiger partial charge in [-0.15, -0.1) is 5.11 Å². The Hall–Kier alpha value is -2.46. The average molecular weight is 285 g/mol. The summed E-state index contributed by atoms with van der Waals surface area (Å²) in [5.41, 5.74) is 1.41. The molecule has 2 aromatic carbocycles. The minimum absolute atomic E-state index is 0.372. The largest absolute Gasteiger partial charge is 0.423 e. The van der Waals surface area contributed by atoms with E-state index >= 15 is 0 Å². The summed E-state index contributed by atoms with van der Waals surface area (Å²) < 4.78 is 5.05. The lowest BCUT2D eigenvalue weighted by atomic mass is 10.2. The molecule has 0 aliphatic heterocycles. The molecule has 0 radical (unpaired) electrons. The molecule has 5 heteroatoms. The van der Waals surface area contributed by atoms with Crippen molar-refractivity contribution in [3.05, 3.63) is 70.0 Å². The Kier molecular flexibility index (Phi) is 3.31. The van der Waals surface area contributed by atoms with E-state index < -0.39 is 0 Å². The van der Waals surface area contributed by atoms with Crippen LogP contribution in [0.5, 0.6) is 0 Å². The van der Waals surface area contributed by atoms with Gasteiger partial charge in [0, 0.05) is 11.5 Å². The molecule has 1 heterocycles. The van der Waals surface area contributed by atoms with Gasteiger partial charge in [-0.1, -0.05) is 23.7 Å². The topological polar surface area (TPSA) is 54.9 Å². The molecule has 0 saturated carbocycles. The summed E-state index contributed by atoms with van der Waals surface area (Å²) in [5, 5.41) is 9.57. The van der Waals surface area contributed by atoms with E-state index in [9.17, 15) is 4.79 Å². The molecule has 0 atom stereocenters. The number of benzene rings is 2. The number of halogens is 1. The van der Waals surface area contributed by atoms with E-state index in [0.29, 0.717) is 22.0 Å². The van der Waals surface area contributed by atoms with E-state index in [-0.39, 0.29) is 5.63 Å². The number of azo groups is 1. The third-order valence-corrected chi connectivity index (χ3v) is 3.05. The minimum Gasteiger partial charge on any atom is -0.423 e. The molecule has 0 fully saturated rings. The van der Waals surface area contributed by atoms with E-state index in [4.69, 9.17) is 16.0 Å². The van der Waals surface area contributed by atoms with Gasteiger partial charge in [-0.05, 0) is 36.4 Å². The first-order valence-corrected chi connectivity index (χ1v) is 6.30. The third-order valence-electron chi connectivity index (χ3n) is 2.73. The Bertz CT molecular complexity index is 856. The fourth-order valence-electron chi connectivity index (χ4n) is 1.77. The fourth-order valence-corrected chi connectivity index (χ4v) is 1.94. The van der Waals surface area contributed by atoms with Crippen LogP contribution >= 0.6 is 11.6 Å². The van der Waals surface area contributed by atoms with Crippen molar-refractivity contribution in [2.24, 2.45) is 10.2 Å². The molecule has 4 nitrogen and oxygen atoms in total. The van der Waals surface area contributed by atoms with Gasteiger partial charge in [0.1, 0.15) is 11.3 Å². The van der Waals surface area contributed by atoms with Gasteiger partial charge >= 0.3 is 5.63 Å². The van der Waals surface area contributed by atoms with Crippen LogP contribution < -0.4 is 5.63 Å². The fraction of sp³-hybridized carbons (Fsp3) is 0. The molecule has 3 aromatic rings. The zero-order valence-electron chi connectivity index (χ0n) is 10.3. The molecule has 20 heavy (non-hydrogen) atoms. The van der Waals surface area contributed by atoms with Crippen LogP contribution in [0.3, 0.4) is 0 Å². The van der Waals surface area contributed by atoms with Crippen molar-refractivity contribution < 1.29 is 4.42 Å². The lowest BCUT2D eigenvalue weighted by Crippen LogP contribution is -1.93. The normalized spacial score (nSPS) is 11.2. The van der Waals surface area contributed by atoms with E-state index in [1.807, 2.05) is 12.1 Å². The zero-order chi connectivity index (χ0) is 13.9. The average Bonchev–Trinajstić information content (AvgIpc) is 2.46. The summed E-state index contributed by atoms with van der Waals surface area (Å²) in [7, 11) is 0. The molecule has 0 bridgehead atoms. The number of fused-ring (bicyclic) bond motifs is 1. The summed E-state index contributed by atoms with van der Waals surface area (Å²) in [6.07, 6.45) is 0. The van der Waals surface area contributed by atoms with Crippen LogP contribution in [0.1, 0.15) is 0 Å². The highest BCUT2D eigenvalue weighted by molar-refractivity contribution is 6.32. The van der Waals surface area contributed by atoms with Crippen LogP contribution in [-0.2, 0) is 0 Å². The molecule has 0 unspecified atom stereocenters. The Morgan fingerprint density at radius 2 is 1.80 bits per heavy atom. The van der Waals surface area contributed by atoms with Crippen LogP contribution in [0.4, 0.5) is 11.4 Å². The Balaban J connectivity index is 1.97. The van der Waals surface area contributed by atoms with Crippen molar-refractivity contribution in [3.63, 3.8) is 0 Å². The highest BCUT2D eigenvalue weighted by atomic mass is 35.5. The van der Waals surface area contributed by atoms with Crippen LogP contribution in [0.15, 0.2) is 74.0 Å². The molecule has 0 aliphatic rings. The first-order chi connectivity index (χ1) is 9.72. The van der Waals surface area contributed by atoms with E-state index in [0.717, 1.165) is 5.39 Å². The van der Waals surface area contributed by atoms with Crippen molar-refractivity contribution in [2.75, 3.05) is 0 Å². The van der Waals surface area contributed by atoms with Crippen LogP contribution in [0, 0.1) is 0 Å². The maximum atomic E-state index is 11.1. The second kappa shape index (κ2) is 5.27. The highest BCUT2D eigenvalue weighted by Gasteiger charge is 1.99. The van der Waals surface area contributed by atoms with Crippen molar-refractivity contribution in [1.29, 1.82) is 0 Å². The Morgan fingerprint density at radius 3 is 2.65 bits per heavy atom. The van der Waals surface area contributed by atoms with Gasteiger partial charge in [0.25, 0.3) is 0 Å². The minimum atomic E-state index is -0.372. The molecule has 0 spiro atoms. The van der Waals surface area contributed by atoms with Gasteiger partial charge in [-0.25, -0.2) is 4.79 Å². The molecular weight excluding hydrogens is 276 g/mol. The summed E-state index contributed by atoms with van der Waals surface area (Å²) in [6.45, 7) is 0. The predicted molar refractivity (Wildman–Crippen MR) is 78.1 cm³/mol. The lowest BCUT2D eigenvalue weighted by Gasteiger charge is -1.98. The second-order valence-electron chi connectivity index (χ2n) is 4.13.